The quantitative estimate of drug-likeness (QED) is 0.784. The Bertz CT molecular complexity index is 564. The van der Waals surface area contributed by atoms with Crippen LogP contribution in [0.5, 0.6) is 11.5 Å². The van der Waals surface area contributed by atoms with Crippen molar-refractivity contribution in [3.63, 3.8) is 0 Å². The number of aliphatic hydroxyl groups excluding tert-OH is 1. The molecular formula is C18H26ClNO4. The SMILES string of the molecule is CCCOc1c(Cl)cc(C(=O)N[C@H]2CCCC[C@H]2O)cc1OCC. The van der Waals surface area contributed by atoms with Gasteiger partial charge in [-0.3, -0.25) is 4.79 Å². The van der Waals surface area contributed by atoms with Gasteiger partial charge in [-0.15, -0.1) is 0 Å². The lowest BCUT2D eigenvalue weighted by Gasteiger charge is -2.28. The molecule has 0 aliphatic heterocycles. The fraction of sp³-hybridized carbons (Fsp3) is 0.611. The van der Waals surface area contributed by atoms with Gasteiger partial charge in [-0.05, 0) is 38.3 Å². The van der Waals surface area contributed by atoms with Crippen LogP contribution in [0.15, 0.2) is 12.1 Å². The van der Waals surface area contributed by atoms with Crippen molar-refractivity contribution in [3.8, 4) is 11.5 Å². The first-order chi connectivity index (χ1) is 11.6. The molecule has 2 atom stereocenters. The molecule has 0 saturated heterocycles. The summed E-state index contributed by atoms with van der Waals surface area (Å²) < 4.78 is 11.2. The third-order valence-corrected chi connectivity index (χ3v) is 4.35. The Morgan fingerprint density at radius 1 is 1.29 bits per heavy atom. The van der Waals surface area contributed by atoms with Crippen LogP contribution in [0.3, 0.4) is 0 Å². The predicted octanol–water partition coefficient (Wildman–Crippen LogP) is 3.56. The molecule has 1 fully saturated rings. The van der Waals surface area contributed by atoms with E-state index >= 15 is 0 Å². The van der Waals surface area contributed by atoms with Crippen LogP contribution in [-0.4, -0.2) is 36.4 Å². The zero-order chi connectivity index (χ0) is 17.5. The van der Waals surface area contributed by atoms with E-state index < -0.39 is 6.10 Å². The highest BCUT2D eigenvalue weighted by molar-refractivity contribution is 6.32. The average molecular weight is 356 g/mol. The Balaban J connectivity index is 2.18. The van der Waals surface area contributed by atoms with Crippen molar-refractivity contribution in [2.24, 2.45) is 0 Å². The highest BCUT2D eigenvalue weighted by Gasteiger charge is 2.25. The van der Waals surface area contributed by atoms with Crippen LogP contribution in [-0.2, 0) is 0 Å². The maximum atomic E-state index is 12.5. The summed E-state index contributed by atoms with van der Waals surface area (Å²) in [7, 11) is 0. The summed E-state index contributed by atoms with van der Waals surface area (Å²) in [4.78, 5) is 12.5. The molecule has 6 heteroatoms. The normalized spacial score (nSPS) is 20.5. The largest absolute Gasteiger partial charge is 0.490 e. The van der Waals surface area contributed by atoms with Gasteiger partial charge in [0.05, 0.1) is 30.4 Å². The van der Waals surface area contributed by atoms with Crippen molar-refractivity contribution < 1.29 is 19.4 Å². The lowest BCUT2D eigenvalue weighted by atomic mass is 9.92. The minimum absolute atomic E-state index is 0.211. The number of hydrogen-bond acceptors (Lipinski definition) is 4. The maximum Gasteiger partial charge on any atom is 0.251 e. The standard InChI is InChI=1S/C18H26ClNO4/c1-3-9-24-17-13(19)10-12(11-16(17)23-4-2)18(22)20-14-7-5-6-8-15(14)21/h10-11,14-15,21H,3-9H2,1-2H3,(H,20,22)/t14-,15+/m0/s1. The molecule has 0 unspecified atom stereocenters. The third kappa shape index (κ3) is 4.77. The molecular weight excluding hydrogens is 330 g/mol. The molecule has 2 rings (SSSR count). The zero-order valence-corrected chi connectivity index (χ0v) is 15.1. The summed E-state index contributed by atoms with van der Waals surface area (Å²) in [5, 5.41) is 13.3. The molecule has 134 valence electrons. The Labute approximate surface area is 148 Å². The Morgan fingerprint density at radius 2 is 2.04 bits per heavy atom. The summed E-state index contributed by atoms with van der Waals surface area (Å²) in [6.07, 6.45) is 3.88. The number of hydrogen-bond donors (Lipinski definition) is 2. The number of carbonyl (C=O) groups is 1. The zero-order valence-electron chi connectivity index (χ0n) is 14.3. The van der Waals surface area contributed by atoms with Gasteiger partial charge >= 0.3 is 0 Å². The molecule has 0 heterocycles. The molecule has 0 bridgehead atoms. The van der Waals surface area contributed by atoms with Crippen molar-refractivity contribution >= 4 is 17.5 Å². The number of rotatable bonds is 7. The first-order valence-electron chi connectivity index (χ1n) is 8.64. The topological polar surface area (TPSA) is 67.8 Å². The van der Waals surface area contributed by atoms with E-state index in [4.69, 9.17) is 21.1 Å². The van der Waals surface area contributed by atoms with E-state index in [9.17, 15) is 9.90 Å². The summed E-state index contributed by atoms with van der Waals surface area (Å²) in [5.41, 5.74) is 0.407. The minimum atomic E-state index is -0.489. The Kier molecular flexibility index (Phi) is 7.18. The van der Waals surface area contributed by atoms with Crippen LogP contribution in [0, 0.1) is 0 Å². The van der Waals surface area contributed by atoms with Gasteiger partial charge in [-0.25, -0.2) is 0 Å². The van der Waals surface area contributed by atoms with E-state index in [2.05, 4.69) is 5.32 Å². The Morgan fingerprint density at radius 3 is 2.71 bits per heavy atom. The first-order valence-corrected chi connectivity index (χ1v) is 9.02. The molecule has 1 saturated carbocycles. The smallest absolute Gasteiger partial charge is 0.251 e. The fourth-order valence-electron chi connectivity index (χ4n) is 2.84. The number of carbonyl (C=O) groups excluding carboxylic acids is 1. The number of aliphatic hydroxyl groups is 1. The molecule has 2 N–H and O–H groups in total. The lowest BCUT2D eigenvalue weighted by molar-refractivity contribution is 0.0717. The average Bonchev–Trinajstić information content (AvgIpc) is 2.56. The lowest BCUT2D eigenvalue weighted by Crippen LogP contribution is -2.45. The second-order valence-corrected chi connectivity index (χ2v) is 6.41. The van der Waals surface area contributed by atoms with E-state index in [1.165, 1.54) is 0 Å². The van der Waals surface area contributed by atoms with Crippen molar-refractivity contribution in [2.75, 3.05) is 13.2 Å². The van der Waals surface area contributed by atoms with Crippen LogP contribution < -0.4 is 14.8 Å². The van der Waals surface area contributed by atoms with Crippen molar-refractivity contribution in [2.45, 2.75) is 58.1 Å². The number of benzene rings is 1. The minimum Gasteiger partial charge on any atom is -0.490 e. The molecule has 0 aromatic heterocycles. The second-order valence-electron chi connectivity index (χ2n) is 6.00. The van der Waals surface area contributed by atoms with Gasteiger partial charge in [-0.2, -0.15) is 0 Å². The molecule has 1 aromatic carbocycles. The van der Waals surface area contributed by atoms with E-state index in [-0.39, 0.29) is 11.9 Å². The van der Waals surface area contributed by atoms with Crippen LogP contribution >= 0.6 is 11.6 Å². The molecule has 0 radical (unpaired) electrons. The number of amides is 1. The molecule has 0 spiro atoms. The Hall–Kier alpha value is -1.46. The van der Waals surface area contributed by atoms with Gasteiger partial charge < -0.3 is 19.9 Å². The van der Waals surface area contributed by atoms with Crippen LogP contribution in [0.4, 0.5) is 0 Å². The number of nitrogens with one attached hydrogen (secondary N) is 1. The third-order valence-electron chi connectivity index (χ3n) is 4.07. The van der Waals surface area contributed by atoms with Crippen LogP contribution in [0.1, 0.15) is 56.3 Å². The fourth-order valence-corrected chi connectivity index (χ4v) is 3.10. The number of halogens is 1. The highest BCUT2D eigenvalue weighted by Crippen LogP contribution is 2.37. The number of ether oxygens (including phenoxy) is 2. The van der Waals surface area contributed by atoms with Crippen molar-refractivity contribution in [1.29, 1.82) is 0 Å². The molecule has 5 nitrogen and oxygen atoms in total. The summed E-state index contributed by atoms with van der Waals surface area (Å²) in [6.45, 7) is 4.85. The summed E-state index contributed by atoms with van der Waals surface area (Å²) in [6, 6.07) is 3.02. The summed E-state index contributed by atoms with van der Waals surface area (Å²) in [5.74, 6) is 0.674. The van der Waals surface area contributed by atoms with Gasteiger partial charge in [0.1, 0.15) is 0 Å². The summed E-state index contributed by atoms with van der Waals surface area (Å²) >= 11 is 6.29. The predicted molar refractivity (Wildman–Crippen MR) is 94.1 cm³/mol. The van der Waals surface area contributed by atoms with Gasteiger partial charge in [-0.1, -0.05) is 31.4 Å². The van der Waals surface area contributed by atoms with Crippen LogP contribution in [0.25, 0.3) is 0 Å². The monoisotopic (exact) mass is 355 g/mol. The van der Waals surface area contributed by atoms with Crippen molar-refractivity contribution in [1.82, 2.24) is 5.32 Å². The molecule has 24 heavy (non-hydrogen) atoms. The van der Waals surface area contributed by atoms with Gasteiger partial charge in [0.25, 0.3) is 5.91 Å². The van der Waals surface area contributed by atoms with Crippen LogP contribution in [0.2, 0.25) is 5.02 Å². The highest BCUT2D eigenvalue weighted by atomic mass is 35.5. The first kappa shape index (κ1) is 18.9. The molecule has 1 aliphatic carbocycles. The van der Waals surface area contributed by atoms with Crippen molar-refractivity contribution in [3.05, 3.63) is 22.7 Å². The van der Waals surface area contributed by atoms with Gasteiger partial charge in [0.15, 0.2) is 11.5 Å². The van der Waals surface area contributed by atoms with E-state index in [0.29, 0.717) is 35.3 Å². The van der Waals surface area contributed by atoms with E-state index in [0.717, 1.165) is 32.1 Å². The van der Waals surface area contributed by atoms with E-state index in [1.807, 2.05) is 13.8 Å². The maximum absolute atomic E-state index is 12.5. The molecule has 1 amide bonds. The van der Waals surface area contributed by atoms with E-state index in [1.54, 1.807) is 12.1 Å². The van der Waals surface area contributed by atoms with Gasteiger partial charge in [0, 0.05) is 5.56 Å². The molecule has 1 aliphatic rings. The molecule has 1 aromatic rings. The second kappa shape index (κ2) is 9.14. The van der Waals surface area contributed by atoms with Gasteiger partial charge in [0.2, 0.25) is 0 Å².